The lowest BCUT2D eigenvalue weighted by Gasteiger charge is -2.24. The number of hydrogen-bond acceptors (Lipinski definition) is 5. The van der Waals surface area contributed by atoms with E-state index in [1.54, 1.807) is 12.4 Å². The quantitative estimate of drug-likeness (QED) is 0.560. The number of rotatable bonds is 3. The van der Waals surface area contributed by atoms with E-state index in [0.717, 1.165) is 33.8 Å². The van der Waals surface area contributed by atoms with Crippen LogP contribution >= 0.6 is 23.2 Å². The van der Waals surface area contributed by atoms with Crippen LogP contribution in [0.25, 0.3) is 11.1 Å². The maximum absolute atomic E-state index is 6.34. The first-order valence-electron chi connectivity index (χ1n) is 8.05. The number of azo groups is 1. The number of anilines is 2. The summed E-state index contributed by atoms with van der Waals surface area (Å²) in [7, 11) is 0. The van der Waals surface area contributed by atoms with Gasteiger partial charge in [0.2, 0.25) is 6.29 Å². The first-order valence-corrected chi connectivity index (χ1v) is 8.80. The number of benzene rings is 2. The van der Waals surface area contributed by atoms with Crippen molar-refractivity contribution in [2.45, 2.75) is 13.2 Å². The van der Waals surface area contributed by atoms with E-state index in [4.69, 9.17) is 23.2 Å². The monoisotopic (exact) mass is 383 g/mol. The van der Waals surface area contributed by atoms with Crippen LogP contribution in [-0.4, -0.2) is 11.3 Å². The Labute approximate surface area is 161 Å². The maximum atomic E-state index is 6.34. The van der Waals surface area contributed by atoms with Crippen molar-refractivity contribution >= 4 is 40.3 Å². The number of aryl methyl sites for hydroxylation is 1. The van der Waals surface area contributed by atoms with Crippen LogP contribution in [0.15, 0.2) is 65.1 Å². The Bertz CT molecular complexity index is 968. The third kappa shape index (κ3) is 3.23. The SMILES string of the molecule is Cc1cc(-c2c(Cl)cccc2Cl)cc2c1NC(Nc1cccnc1)N=N2. The minimum atomic E-state index is -0.361. The average Bonchev–Trinajstić information content (AvgIpc) is 2.63. The van der Waals surface area contributed by atoms with Gasteiger partial charge in [-0.2, -0.15) is 0 Å². The van der Waals surface area contributed by atoms with E-state index in [1.807, 2.05) is 49.4 Å². The Morgan fingerprint density at radius 1 is 1.08 bits per heavy atom. The topological polar surface area (TPSA) is 61.7 Å². The number of pyridine rings is 1. The highest BCUT2D eigenvalue weighted by Gasteiger charge is 2.19. The van der Waals surface area contributed by atoms with Crippen molar-refractivity contribution in [3.8, 4) is 11.1 Å². The zero-order chi connectivity index (χ0) is 18.1. The maximum Gasteiger partial charge on any atom is 0.214 e. The molecule has 130 valence electrons. The minimum absolute atomic E-state index is 0.361. The minimum Gasteiger partial charge on any atom is -0.344 e. The molecule has 5 nitrogen and oxygen atoms in total. The highest BCUT2D eigenvalue weighted by molar-refractivity contribution is 6.39. The third-order valence-corrected chi connectivity index (χ3v) is 4.72. The number of nitrogens with one attached hydrogen (secondary N) is 2. The van der Waals surface area contributed by atoms with Gasteiger partial charge in [0.25, 0.3) is 0 Å². The summed E-state index contributed by atoms with van der Waals surface area (Å²) in [6.45, 7) is 2.02. The predicted octanol–water partition coefficient (Wildman–Crippen LogP) is 6.27. The van der Waals surface area contributed by atoms with E-state index in [9.17, 15) is 0 Å². The third-order valence-electron chi connectivity index (χ3n) is 4.09. The second kappa shape index (κ2) is 6.94. The molecule has 1 atom stereocenters. The second-order valence-corrected chi connectivity index (χ2v) is 6.75. The van der Waals surface area contributed by atoms with Crippen LogP contribution in [-0.2, 0) is 0 Å². The van der Waals surface area contributed by atoms with Crippen LogP contribution < -0.4 is 10.6 Å². The summed E-state index contributed by atoms with van der Waals surface area (Å²) in [6.07, 6.45) is 3.10. The summed E-state index contributed by atoms with van der Waals surface area (Å²) in [5.41, 5.74) is 5.28. The summed E-state index contributed by atoms with van der Waals surface area (Å²) in [5.74, 6) is 0. The standard InChI is InChI=1S/C19H15Cl2N5/c1-11-8-12(17-14(20)5-2-6-15(17)21)9-16-18(11)24-19(26-25-16)23-13-4-3-7-22-10-13/h2-10,19,23-24H,1H3. The fourth-order valence-corrected chi connectivity index (χ4v) is 3.53. The highest BCUT2D eigenvalue weighted by atomic mass is 35.5. The molecule has 0 saturated heterocycles. The van der Waals surface area contributed by atoms with Crippen LogP contribution in [0, 0.1) is 6.92 Å². The second-order valence-electron chi connectivity index (χ2n) is 5.93. The summed E-state index contributed by atoms with van der Waals surface area (Å²) in [5, 5.41) is 16.5. The lowest BCUT2D eigenvalue weighted by atomic mass is 10.0. The molecule has 1 unspecified atom stereocenters. The summed E-state index contributed by atoms with van der Waals surface area (Å²) >= 11 is 12.7. The lowest BCUT2D eigenvalue weighted by Crippen LogP contribution is -2.28. The number of nitrogens with zero attached hydrogens (tertiary/aromatic N) is 3. The van der Waals surface area contributed by atoms with Gasteiger partial charge in [-0.1, -0.05) is 29.3 Å². The largest absolute Gasteiger partial charge is 0.344 e. The van der Waals surface area contributed by atoms with E-state index in [-0.39, 0.29) is 6.29 Å². The first kappa shape index (κ1) is 16.8. The zero-order valence-electron chi connectivity index (χ0n) is 13.9. The summed E-state index contributed by atoms with van der Waals surface area (Å²) in [4.78, 5) is 4.09. The molecule has 2 aromatic carbocycles. The van der Waals surface area contributed by atoms with E-state index < -0.39 is 0 Å². The molecule has 0 bridgehead atoms. The Morgan fingerprint density at radius 2 is 1.88 bits per heavy atom. The lowest BCUT2D eigenvalue weighted by molar-refractivity contribution is 0.788. The van der Waals surface area contributed by atoms with E-state index >= 15 is 0 Å². The average molecular weight is 384 g/mol. The molecular weight excluding hydrogens is 369 g/mol. The van der Waals surface area contributed by atoms with Gasteiger partial charge in [0.15, 0.2) is 0 Å². The smallest absolute Gasteiger partial charge is 0.214 e. The molecule has 1 aliphatic rings. The van der Waals surface area contributed by atoms with Gasteiger partial charge in [-0.3, -0.25) is 4.98 Å². The molecule has 2 N–H and O–H groups in total. The molecule has 0 spiro atoms. The molecule has 2 heterocycles. The molecule has 26 heavy (non-hydrogen) atoms. The van der Waals surface area contributed by atoms with Gasteiger partial charge in [0.1, 0.15) is 5.69 Å². The van der Waals surface area contributed by atoms with Crippen LogP contribution in [0.2, 0.25) is 10.0 Å². The Hall–Kier alpha value is -2.63. The molecule has 3 aromatic rings. The molecule has 0 radical (unpaired) electrons. The van der Waals surface area contributed by atoms with Crippen molar-refractivity contribution < 1.29 is 0 Å². The Morgan fingerprint density at radius 3 is 2.62 bits per heavy atom. The molecule has 0 saturated carbocycles. The van der Waals surface area contributed by atoms with Crippen LogP contribution in [0.1, 0.15) is 5.56 Å². The van der Waals surface area contributed by atoms with Gasteiger partial charge in [-0.05, 0) is 54.4 Å². The van der Waals surface area contributed by atoms with Gasteiger partial charge in [0.05, 0.1) is 17.6 Å². The van der Waals surface area contributed by atoms with Crippen molar-refractivity contribution in [1.82, 2.24) is 4.98 Å². The number of aromatic nitrogens is 1. The van der Waals surface area contributed by atoms with Crippen LogP contribution in [0.5, 0.6) is 0 Å². The number of halogens is 2. The van der Waals surface area contributed by atoms with Gasteiger partial charge in [-0.15, -0.1) is 10.2 Å². The van der Waals surface area contributed by atoms with Crippen molar-refractivity contribution in [3.63, 3.8) is 0 Å². The molecular formula is C19H15Cl2N5. The van der Waals surface area contributed by atoms with Gasteiger partial charge < -0.3 is 10.6 Å². The molecule has 0 fully saturated rings. The Kier molecular flexibility index (Phi) is 4.49. The van der Waals surface area contributed by atoms with Crippen molar-refractivity contribution in [2.24, 2.45) is 10.2 Å². The molecule has 7 heteroatoms. The molecule has 1 aliphatic heterocycles. The van der Waals surface area contributed by atoms with Crippen molar-refractivity contribution in [3.05, 3.63) is 70.5 Å². The molecule has 0 aliphatic carbocycles. The fourth-order valence-electron chi connectivity index (χ4n) is 2.91. The van der Waals surface area contributed by atoms with Crippen molar-refractivity contribution in [2.75, 3.05) is 10.6 Å². The van der Waals surface area contributed by atoms with E-state index in [1.165, 1.54) is 0 Å². The molecule has 1 aromatic heterocycles. The van der Waals surface area contributed by atoms with Gasteiger partial charge >= 0.3 is 0 Å². The van der Waals surface area contributed by atoms with Crippen LogP contribution in [0.4, 0.5) is 17.1 Å². The van der Waals surface area contributed by atoms with Crippen molar-refractivity contribution in [1.29, 1.82) is 0 Å². The first-order chi connectivity index (χ1) is 12.6. The van der Waals surface area contributed by atoms with E-state index in [0.29, 0.717) is 10.0 Å². The predicted molar refractivity (Wildman–Crippen MR) is 106 cm³/mol. The number of fused-ring (bicyclic) bond motifs is 1. The molecule has 4 rings (SSSR count). The van der Waals surface area contributed by atoms with E-state index in [2.05, 4.69) is 25.8 Å². The van der Waals surface area contributed by atoms with Gasteiger partial charge in [0, 0.05) is 21.8 Å². The number of hydrogen-bond donors (Lipinski definition) is 2. The van der Waals surface area contributed by atoms with Gasteiger partial charge in [-0.25, -0.2) is 0 Å². The Balaban J connectivity index is 1.67. The normalized spacial score (nSPS) is 15.3. The van der Waals surface area contributed by atoms with Crippen LogP contribution in [0.3, 0.4) is 0 Å². The zero-order valence-corrected chi connectivity index (χ0v) is 15.4. The summed E-state index contributed by atoms with van der Waals surface area (Å²) in [6, 6.07) is 13.2. The fraction of sp³-hybridized carbons (Fsp3) is 0.105. The summed E-state index contributed by atoms with van der Waals surface area (Å²) < 4.78 is 0. The highest BCUT2D eigenvalue weighted by Crippen LogP contribution is 2.41. The molecule has 0 amide bonds.